The van der Waals surface area contributed by atoms with Crippen LogP contribution in [0.5, 0.6) is 0 Å². The summed E-state index contributed by atoms with van der Waals surface area (Å²) >= 11 is 0. The summed E-state index contributed by atoms with van der Waals surface area (Å²) in [6.45, 7) is 4.16. The molecule has 0 spiro atoms. The fourth-order valence-corrected chi connectivity index (χ4v) is 1.90. The second kappa shape index (κ2) is 8.20. The van der Waals surface area contributed by atoms with Crippen LogP contribution >= 0.6 is 0 Å². The third-order valence-corrected chi connectivity index (χ3v) is 2.76. The molecule has 3 heteroatoms. The topological polar surface area (TPSA) is 40.5 Å². The first kappa shape index (κ1) is 15.0. The lowest BCUT2D eigenvalue weighted by molar-refractivity contribution is -0.133. The van der Waals surface area contributed by atoms with Crippen molar-refractivity contribution in [2.45, 2.75) is 52.4 Å². The largest absolute Gasteiger partial charge is 0.478 e. The number of carbonyl (C=O) groups is 1. The summed E-state index contributed by atoms with van der Waals surface area (Å²) in [6, 6.07) is 0. The van der Waals surface area contributed by atoms with Gasteiger partial charge in [-0.25, -0.2) is 4.79 Å². The van der Waals surface area contributed by atoms with Gasteiger partial charge in [-0.3, -0.25) is 0 Å². The van der Waals surface area contributed by atoms with Crippen LogP contribution < -0.4 is 0 Å². The highest BCUT2D eigenvalue weighted by Gasteiger charge is 2.14. The van der Waals surface area contributed by atoms with Crippen molar-refractivity contribution in [1.82, 2.24) is 4.90 Å². The van der Waals surface area contributed by atoms with Crippen molar-refractivity contribution < 1.29 is 9.90 Å². The summed E-state index contributed by atoms with van der Waals surface area (Å²) in [5.41, 5.74) is 1.53. The molecule has 0 aromatic heterocycles. The van der Waals surface area contributed by atoms with E-state index in [-0.39, 0.29) is 0 Å². The van der Waals surface area contributed by atoms with Crippen LogP contribution in [0, 0.1) is 0 Å². The Morgan fingerprint density at radius 1 is 1.12 bits per heavy atom. The maximum Gasteiger partial charge on any atom is 0.333 e. The summed E-state index contributed by atoms with van der Waals surface area (Å²) in [5.74, 6) is -0.762. The molecule has 0 fully saturated rings. The van der Waals surface area contributed by atoms with Gasteiger partial charge >= 0.3 is 5.97 Å². The zero-order chi connectivity index (χ0) is 12.6. The van der Waals surface area contributed by atoms with Gasteiger partial charge in [-0.1, -0.05) is 33.1 Å². The molecule has 0 saturated heterocycles. The molecule has 0 atom stereocenters. The molecule has 3 nitrogen and oxygen atoms in total. The van der Waals surface area contributed by atoms with Crippen molar-refractivity contribution in [2.24, 2.45) is 0 Å². The van der Waals surface area contributed by atoms with Crippen molar-refractivity contribution >= 4 is 5.97 Å². The lowest BCUT2D eigenvalue weighted by Crippen LogP contribution is -2.17. The molecule has 0 aromatic carbocycles. The van der Waals surface area contributed by atoms with E-state index < -0.39 is 5.97 Å². The number of carboxylic acids is 1. The van der Waals surface area contributed by atoms with Crippen molar-refractivity contribution in [3.8, 4) is 0 Å². The van der Waals surface area contributed by atoms with E-state index in [1.807, 2.05) is 25.9 Å². The zero-order valence-electron chi connectivity index (χ0n) is 11.0. The fourth-order valence-electron chi connectivity index (χ4n) is 1.90. The van der Waals surface area contributed by atoms with Gasteiger partial charge in [0, 0.05) is 19.8 Å². The summed E-state index contributed by atoms with van der Waals surface area (Å²) in [6.07, 6.45) is 5.94. The third-order valence-electron chi connectivity index (χ3n) is 2.76. The Bertz CT molecular complexity index is 244. The molecule has 0 aliphatic rings. The average molecular weight is 227 g/mol. The Labute approximate surface area is 99.1 Å². The minimum absolute atomic E-state index is 0.587. The Morgan fingerprint density at radius 3 is 2.12 bits per heavy atom. The Hall–Kier alpha value is -0.990. The molecule has 0 aliphatic heterocycles. The highest BCUT2D eigenvalue weighted by molar-refractivity contribution is 5.87. The van der Waals surface area contributed by atoms with Gasteiger partial charge in [0.05, 0.1) is 5.57 Å². The van der Waals surface area contributed by atoms with E-state index in [1.165, 1.54) is 12.8 Å². The van der Waals surface area contributed by atoms with Gasteiger partial charge < -0.3 is 10.0 Å². The first-order valence-electron chi connectivity index (χ1n) is 6.17. The van der Waals surface area contributed by atoms with Crippen LogP contribution in [0.3, 0.4) is 0 Å². The molecule has 0 amide bonds. The van der Waals surface area contributed by atoms with Crippen LogP contribution in [0.1, 0.15) is 52.4 Å². The SMILES string of the molecule is CCCCCCC(C(=O)O)=C(CC)N(C)C. The Balaban J connectivity index is 4.52. The van der Waals surface area contributed by atoms with Crippen LogP contribution in [0.15, 0.2) is 11.3 Å². The lowest BCUT2D eigenvalue weighted by Gasteiger charge is -2.19. The minimum atomic E-state index is -0.762. The molecule has 0 radical (unpaired) electrons. The van der Waals surface area contributed by atoms with Gasteiger partial charge in [0.25, 0.3) is 0 Å². The number of hydrogen-bond acceptors (Lipinski definition) is 2. The van der Waals surface area contributed by atoms with Crippen LogP contribution in [-0.4, -0.2) is 30.1 Å². The minimum Gasteiger partial charge on any atom is -0.478 e. The highest BCUT2D eigenvalue weighted by atomic mass is 16.4. The van der Waals surface area contributed by atoms with E-state index in [2.05, 4.69) is 6.92 Å². The second-order valence-corrected chi connectivity index (χ2v) is 4.29. The number of carboxylic acid groups (broad SMARTS) is 1. The number of nitrogens with zero attached hydrogens (tertiary/aromatic N) is 1. The van der Waals surface area contributed by atoms with Gasteiger partial charge in [-0.05, 0) is 19.3 Å². The fraction of sp³-hybridized carbons (Fsp3) is 0.769. The highest BCUT2D eigenvalue weighted by Crippen LogP contribution is 2.18. The molecule has 0 bridgehead atoms. The third kappa shape index (κ3) is 5.19. The standard InChI is InChI=1S/C13H25NO2/c1-5-7-8-9-10-11(13(15)16)12(6-2)14(3)4/h5-10H2,1-4H3,(H,15,16). The van der Waals surface area contributed by atoms with Crippen molar-refractivity contribution in [3.63, 3.8) is 0 Å². The molecular weight excluding hydrogens is 202 g/mol. The van der Waals surface area contributed by atoms with Crippen LogP contribution in [-0.2, 0) is 4.79 Å². The number of aliphatic carboxylic acids is 1. The Kier molecular flexibility index (Phi) is 7.69. The van der Waals surface area contributed by atoms with Crippen LogP contribution in [0.2, 0.25) is 0 Å². The van der Waals surface area contributed by atoms with Gasteiger partial charge in [0.2, 0.25) is 0 Å². The molecule has 16 heavy (non-hydrogen) atoms. The quantitative estimate of drug-likeness (QED) is 0.511. The monoisotopic (exact) mass is 227 g/mol. The van der Waals surface area contributed by atoms with Crippen molar-refractivity contribution in [3.05, 3.63) is 11.3 Å². The molecule has 94 valence electrons. The van der Waals surface area contributed by atoms with Gasteiger partial charge in [0.1, 0.15) is 0 Å². The molecule has 0 saturated carbocycles. The van der Waals surface area contributed by atoms with Crippen LogP contribution in [0.25, 0.3) is 0 Å². The summed E-state index contributed by atoms with van der Waals surface area (Å²) < 4.78 is 0. The Morgan fingerprint density at radius 2 is 1.75 bits per heavy atom. The molecular formula is C13H25NO2. The molecule has 1 N–H and O–H groups in total. The average Bonchev–Trinajstić information content (AvgIpc) is 2.21. The van der Waals surface area contributed by atoms with Crippen molar-refractivity contribution in [1.29, 1.82) is 0 Å². The first-order valence-corrected chi connectivity index (χ1v) is 6.17. The number of unbranched alkanes of at least 4 members (excludes halogenated alkanes) is 3. The van der Waals surface area contributed by atoms with Gasteiger partial charge in [-0.15, -0.1) is 0 Å². The number of hydrogen-bond donors (Lipinski definition) is 1. The van der Waals surface area contributed by atoms with Gasteiger partial charge in [0.15, 0.2) is 0 Å². The maximum atomic E-state index is 11.2. The predicted octanol–water partition coefficient (Wildman–Crippen LogP) is 3.27. The van der Waals surface area contributed by atoms with E-state index in [0.29, 0.717) is 12.0 Å². The summed E-state index contributed by atoms with van der Waals surface area (Å²) in [4.78, 5) is 13.1. The molecule has 0 rings (SSSR count). The van der Waals surface area contributed by atoms with E-state index in [4.69, 9.17) is 0 Å². The predicted molar refractivity (Wildman–Crippen MR) is 67.4 cm³/mol. The number of rotatable bonds is 8. The first-order chi connectivity index (χ1) is 7.54. The molecule has 0 aromatic rings. The molecule has 0 aliphatic carbocycles. The van der Waals surface area contributed by atoms with E-state index in [9.17, 15) is 9.90 Å². The van der Waals surface area contributed by atoms with Crippen LogP contribution in [0.4, 0.5) is 0 Å². The zero-order valence-corrected chi connectivity index (χ0v) is 11.0. The maximum absolute atomic E-state index is 11.2. The normalized spacial score (nSPS) is 12.2. The number of allylic oxidation sites excluding steroid dienone is 1. The summed E-state index contributed by atoms with van der Waals surface area (Å²) in [7, 11) is 3.82. The summed E-state index contributed by atoms with van der Waals surface area (Å²) in [5, 5.41) is 9.20. The van der Waals surface area contributed by atoms with E-state index >= 15 is 0 Å². The van der Waals surface area contributed by atoms with Crippen molar-refractivity contribution in [2.75, 3.05) is 14.1 Å². The second-order valence-electron chi connectivity index (χ2n) is 4.29. The molecule has 0 unspecified atom stereocenters. The van der Waals surface area contributed by atoms with E-state index in [0.717, 1.165) is 25.0 Å². The van der Waals surface area contributed by atoms with Gasteiger partial charge in [-0.2, -0.15) is 0 Å². The lowest BCUT2D eigenvalue weighted by atomic mass is 10.0. The molecule has 0 heterocycles. The van der Waals surface area contributed by atoms with E-state index in [1.54, 1.807) is 0 Å². The smallest absolute Gasteiger partial charge is 0.333 e.